The van der Waals surface area contributed by atoms with Crippen LogP contribution in [-0.2, 0) is 12.2 Å². The van der Waals surface area contributed by atoms with Crippen LogP contribution in [0.5, 0.6) is 0 Å². The molecule has 0 saturated heterocycles. The molecule has 0 aliphatic heterocycles. The zero-order valence-electron chi connectivity index (χ0n) is 9.92. The van der Waals surface area contributed by atoms with Crippen molar-refractivity contribution in [1.82, 2.24) is 9.97 Å². The summed E-state index contributed by atoms with van der Waals surface area (Å²) in [5, 5.41) is 3.29. The van der Waals surface area contributed by atoms with Crippen molar-refractivity contribution in [3.05, 3.63) is 17.1 Å². The van der Waals surface area contributed by atoms with Gasteiger partial charge in [0, 0.05) is 17.8 Å². The van der Waals surface area contributed by atoms with Crippen LogP contribution in [0.1, 0.15) is 30.9 Å². The fourth-order valence-corrected chi connectivity index (χ4v) is 1.88. The lowest BCUT2D eigenvalue weighted by Gasteiger charge is -2.11. The molecule has 0 spiro atoms. The Kier molecular flexibility index (Phi) is 4.88. The molecule has 1 aromatic rings. The largest absolute Gasteiger partial charge is 0.370 e. The molecule has 0 radical (unpaired) electrons. The summed E-state index contributed by atoms with van der Waals surface area (Å²) >= 11 is 1.75. The van der Waals surface area contributed by atoms with Crippen LogP contribution >= 0.6 is 11.8 Å². The fourth-order valence-electron chi connectivity index (χ4n) is 1.49. The second kappa shape index (κ2) is 5.95. The van der Waals surface area contributed by atoms with Crippen LogP contribution in [0.3, 0.4) is 0 Å². The summed E-state index contributed by atoms with van der Waals surface area (Å²) in [5.41, 5.74) is 2.34. The zero-order chi connectivity index (χ0) is 11.3. The summed E-state index contributed by atoms with van der Waals surface area (Å²) in [7, 11) is 0. The van der Waals surface area contributed by atoms with Gasteiger partial charge in [-0.3, -0.25) is 0 Å². The number of hydrogen-bond donors (Lipinski definition) is 1. The maximum Gasteiger partial charge on any atom is 0.140 e. The van der Waals surface area contributed by atoms with Gasteiger partial charge in [0.1, 0.15) is 11.6 Å². The molecule has 0 saturated carbocycles. The standard InChI is InChI=1S/C11H19N3S/c1-5-9-8(3)11(12-6-2)14-10(13-9)7-15-4/h5-7H2,1-4H3,(H,12,13,14). The highest BCUT2D eigenvalue weighted by Gasteiger charge is 2.08. The van der Waals surface area contributed by atoms with Gasteiger partial charge in [0.15, 0.2) is 0 Å². The number of anilines is 1. The molecule has 1 N–H and O–H groups in total. The van der Waals surface area contributed by atoms with Crippen LogP contribution in [0.25, 0.3) is 0 Å². The second-order valence-corrected chi connectivity index (χ2v) is 4.24. The van der Waals surface area contributed by atoms with Gasteiger partial charge in [-0.05, 0) is 26.5 Å². The Balaban J connectivity index is 3.07. The van der Waals surface area contributed by atoms with Crippen LogP contribution in [0.4, 0.5) is 5.82 Å². The van der Waals surface area contributed by atoms with Crippen LogP contribution in [0.2, 0.25) is 0 Å². The molecular formula is C11H19N3S. The summed E-state index contributed by atoms with van der Waals surface area (Å²) in [4.78, 5) is 9.07. The monoisotopic (exact) mass is 225 g/mol. The molecule has 84 valence electrons. The Morgan fingerprint density at radius 1 is 1.27 bits per heavy atom. The molecule has 3 nitrogen and oxygen atoms in total. The Bertz CT molecular complexity index is 326. The summed E-state index contributed by atoms with van der Waals surface area (Å²) in [5.74, 6) is 2.81. The van der Waals surface area contributed by atoms with Crippen molar-refractivity contribution in [2.45, 2.75) is 32.9 Å². The van der Waals surface area contributed by atoms with Gasteiger partial charge in [-0.25, -0.2) is 9.97 Å². The van der Waals surface area contributed by atoms with Gasteiger partial charge in [0.2, 0.25) is 0 Å². The predicted molar refractivity (Wildman–Crippen MR) is 67.5 cm³/mol. The van der Waals surface area contributed by atoms with Crippen LogP contribution in [0.15, 0.2) is 0 Å². The smallest absolute Gasteiger partial charge is 0.140 e. The van der Waals surface area contributed by atoms with Crippen molar-refractivity contribution in [1.29, 1.82) is 0 Å². The number of thioether (sulfide) groups is 1. The molecule has 0 amide bonds. The van der Waals surface area contributed by atoms with Gasteiger partial charge in [-0.1, -0.05) is 6.92 Å². The molecule has 1 aromatic heterocycles. The van der Waals surface area contributed by atoms with Gasteiger partial charge < -0.3 is 5.32 Å². The number of aromatic nitrogens is 2. The minimum Gasteiger partial charge on any atom is -0.370 e. The number of hydrogen-bond acceptors (Lipinski definition) is 4. The summed E-state index contributed by atoms with van der Waals surface area (Å²) in [6.45, 7) is 7.20. The minimum atomic E-state index is 0.881. The first-order valence-corrected chi connectivity index (χ1v) is 6.71. The molecule has 0 aromatic carbocycles. The van der Waals surface area contributed by atoms with Crippen molar-refractivity contribution < 1.29 is 0 Å². The molecule has 0 unspecified atom stereocenters. The van der Waals surface area contributed by atoms with Gasteiger partial charge >= 0.3 is 0 Å². The minimum absolute atomic E-state index is 0.881. The number of aryl methyl sites for hydroxylation is 1. The SMILES string of the molecule is CCNc1nc(CSC)nc(CC)c1C. The maximum atomic E-state index is 4.55. The lowest BCUT2D eigenvalue weighted by Crippen LogP contribution is -2.08. The number of nitrogens with zero attached hydrogens (tertiary/aromatic N) is 2. The van der Waals surface area contributed by atoms with Gasteiger partial charge in [-0.2, -0.15) is 11.8 Å². The Morgan fingerprint density at radius 3 is 2.53 bits per heavy atom. The van der Waals surface area contributed by atoms with E-state index in [1.165, 1.54) is 5.56 Å². The average Bonchev–Trinajstić information content (AvgIpc) is 2.23. The quantitative estimate of drug-likeness (QED) is 0.836. The predicted octanol–water partition coefficient (Wildman–Crippen LogP) is 2.64. The molecule has 0 aliphatic rings. The third kappa shape index (κ3) is 3.09. The van der Waals surface area contributed by atoms with E-state index in [1.54, 1.807) is 11.8 Å². The molecule has 0 bridgehead atoms. The lowest BCUT2D eigenvalue weighted by molar-refractivity contribution is 0.915. The number of rotatable bonds is 5. The van der Waals surface area contributed by atoms with Gasteiger partial charge in [0.05, 0.1) is 5.75 Å². The molecule has 1 heterocycles. The highest BCUT2D eigenvalue weighted by atomic mass is 32.2. The first kappa shape index (κ1) is 12.3. The van der Waals surface area contributed by atoms with E-state index in [0.29, 0.717) is 0 Å². The van der Waals surface area contributed by atoms with E-state index in [1.807, 2.05) is 0 Å². The van der Waals surface area contributed by atoms with E-state index in [4.69, 9.17) is 0 Å². The third-order valence-corrected chi connectivity index (χ3v) is 2.79. The number of nitrogens with one attached hydrogen (secondary N) is 1. The topological polar surface area (TPSA) is 37.8 Å². The first-order valence-electron chi connectivity index (χ1n) is 5.32. The molecule has 4 heteroatoms. The molecule has 0 fully saturated rings. The Morgan fingerprint density at radius 2 is 2.00 bits per heavy atom. The van der Waals surface area contributed by atoms with E-state index in [9.17, 15) is 0 Å². The van der Waals surface area contributed by atoms with Crippen LogP contribution < -0.4 is 5.32 Å². The molecule has 0 atom stereocenters. The summed E-state index contributed by atoms with van der Waals surface area (Å²) < 4.78 is 0. The lowest BCUT2D eigenvalue weighted by atomic mass is 10.2. The highest BCUT2D eigenvalue weighted by molar-refractivity contribution is 7.97. The van der Waals surface area contributed by atoms with Crippen molar-refractivity contribution in [3.8, 4) is 0 Å². The van der Waals surface area contributed by atoms with Gasteiger partial charge in [0.25, 0.3) is 0 Å². The first-order chi connectivity index (χ1) is 7.22. The summed E-state index contributed by atoms with van der Waals surface area (Å²) in [6, 6.07) is 0. The zero-order valence-corrected chi connectivity index (χ0v) is 10.7. The summed E-state index contributed by atoms with van der Waals surface area (Å²) in [6.07, 6.45) is 3.04. The van der Waals surface area contributed by atoms with Crippen molar-refractivity contribution in [2.75, 3.05) is 18.1 Å². The van der Waals surface area contributed by atoms with Crippen molar-refractivity contribution in [2.24, 2.45) is 0 Å². The van der Waals surface area contributed by atoms with Crippen molar-refractivity contribution >= 4 is 17.6 Å². The van der Waals surface area contributed by atoms with E-state index in [2.05, 4.69) is 42.3 Å². The molecule has 15 heavy (non-hydrogen) atoms. The Labute approximate surface area is 96.1 Å². The molecule has 1 rings (SSSR count). The van der Waals surface area contributed by atoms with E-state index >= 15 is 0 Å². The van der Waals surface area contributed by atoms with Crippen LogP contribution in [-0.4, -0.2) is 22.8 Å². The highest BCUT2D eigenvalue weighted by Crippen LogP contribution is 2.17. The third-order valence-electron chi connectivity index (χ3n) is 2.25. The van der Waals surface area contributed by atoms with Crippen LogP contribution in [0, 0.1) is 6.92 Å². The maximum absolute atomic E-state index is 4.55. The Hall–Kier alpha value is -0.770. The molecular weight excluding hydrogens is 206 g/mol. The van der Waals surface area contributed by atoms with E-state index in [-0.39, 0.29) is 0 Å². The van der Waals surface area contributed by atoms with E-state index < -0.39 is 0 Å². The average molecular weight is 225 g/mol. The fraction of sp³-hybridized carbons (Fsp3) is 0.636. The van der Waals surface area contributed by atoms with Crippen molar-refractivity contribution in [3.63, 3.8) is 0 Å². The van der Waals surface area contributed by atoms with E-state index in [0.717, 1.165) is 36.1 Å². The molecule has 0 aliphatic carbocycles. The van der Waals surface area contributed by atoms with Gasteiger partial charge in [-0.15, -0.1) is 0 Å². The second-order valence-electron chi connectivity index (χ2n) is 3.38. The normalized spacial score (nSPS) is 10.4.